The maximum absolute atomic E-state index is 11.6. The Bertz CT molecular complexity index is 586. The van der Waals surface area contributed by atoms with Gasteiger partial charge in [0.15, 0.2) is 0 Å². The largest absolute Gasteiger partial charge is 0.355 e. The van der Waals surface area contributed by atoms with Crippen molar-refractivity contribution in [1.82, 2.24) is 29.8 Å². The second-order valence-corrected chi connectivity index (χ2v) is 4.32. The van der Waals surface area contributed by atoms with Crippen LogP contribution in [0, 0.1) is 0 Å². The summed E-state index contributed by atoms with van der Waals surface area (Å²) in [7, 11) is 1.71. The van der Waals surface area contributed by atoms with Gasteiger partial charge in [-0.15, -0.1) is 0 Å². The van der Waals surface area contributed by atoms with Crippen LogP contribution in [0.15, 0.2) is 18.7 Å². The highest BCUT2D eigenvalue weighted by atomic mass is 35.5. The van der Waals surface area contributed by atoms with E-state index in [-0.39, 0.29) is 17.7 Å². The number of aromatic nitrogens is 5. The predicted octanol–water partition coefficient (Wildman–Crippen LogP) is 0.283. The number of rotatable bonds is 5. The van der Waals surface area contributed by atoms with Crippen molar-refractivity contribution in [1.29, 1.82) is 0 Å². The van der Waals surface area contributed by atoms with Crippen LogP contribution in [0.25, 0.3) is 5.95 Å². The minimum Gasteiger partial charge on any atom is -0.355 e. The van der Waals surface area contributed by atoms with Gasteiger partial charge in [0, 0.05) is 26.0 Å². The van der Waals surface area contributed by atoms with Crippen molar-refractivity contribution in [3.63, 3.8) is 0 Å². The molecule has 2 aromatic heterocycles. The molecule has 0 aromatic carbocycles. The number of hydrogen-bond donors (Lipinski definition) is 1. The van der Waals surface area contributed by atoms with E-state index in [9.17, 15) is 4.79 Å². The molecule has 0 spiro atoms. The minimum atomic E-state index is -0.115. The number of likely N-dealkylation sites (N-methyl/N-ethyl adjacent to an activating group) is 2. The highest BCUT2D eigenvalue weighted by molar-refractivity contribution is 6.28. The van der Waals surface area contributed by atoms with Crippen LogP contribution in [0.3, 0.4) is 0 Å². The summed E-state index contributed by atoms with van der Waals surface area (Å²) in [4.78, 5) is 29.3. The van der Waals surface area contributed by atoms with Crippen molar-refractivity contribution >= 4 is 23.5 Å². The van der Waals surface area contributed by atoms with Gasteiger partial charge in [0.2, 0.25) is 23.1 Å². The van der Waals surface area contributed by atoms with Crippen molar-refractivity contribution in [2.75, 3.05) is 25.0 Å². The summed E-state index contributed by atoms with van der Waals surface area (Å²) >= 11 is 5.89. The molecule has 0 unspecified atom stereocenters. The van der Waals surface area contributed by atoms with Crippen LogP contribution in [0.5, 0.6) is 0 Å². The number of nitrogens with one attached hydrogen (secondary N) is 1. The lowest BCUT2D eigenvalue weighted by molar-refractivity contribution is -0.119. The summed E-state index contributed by atoms with van der Waals surface area (Å²) in [6.07, 6.45) is 4.86. The smallest absolute Gasteiger partial charge is 0.241 e. The number of halogens is 1. The molecule has 2 heterocycles. The molecular formula is C11H14ClN7O. The zero-order valence-corrected chi connectivity index (χ0v) is 11.9. The molecule has 8 nitrogen and oxygen atoms in total. The molecular weight excluding hydrogens is 282 g/mol. The maximum atomic E-state index is 11.6. The van der Waals surface area contributed by atoms with Gasteiger partial charge in [0.05, 0.1) is 6.54 Å². The number of hydrogen-bond acceptors (Lipinski definition) is 6. The van der Waals surface area contributed by atoms with E-state index < -0.39 is 0 Å². The topological polar surface area (TPSA) is 88.8 Å². The second-order valence-electron chi connectivity index (χ2n) is 3.98. The third-order valence-electron chi connectivity index (χ3n) is 2.42. The van der Waals surface area contributed by atoms with Gasteiger partial charge in [-0.1, -0.05) is 0 Å². The van der Waals surface area contributed by atoms with Crippen LogP contribution in [0.1, 0.15) is 6.92 Å². The van der Waals surface area contributed by atoms with Gasteiger partial charge in [-0.2, -0.15) is 15.0 Å². The fourth-order valence-corrected chi connectivity index (χ4v) is 1.68. The van der Waals surface area contributed by atoms with Gasteiger partial charge in [0.25, 0.3) is 0 Å². The van der Waals surface area contributed by atoms with E-state index in [1.165, 1.54) is 0 Å². The number of carbonyl (C=O) groups excluding carboxylic acids is 1. The molecule has 2 aromatic rings. The standard InChI is InChI=1S/C11H14ClN7O/c1-3-14-8(20)6-18(2)10-15-9(12)16-11(17-10)19-5-4-13-7-19/h4-5,7H,3,6H2,1-2H3,(H,14,20). The summed E-state index contributed by atoms with van der Waals surface area (Å²) in [5, 5.41) is 2.76. The lowest BCUT2D eigenvalue weighted by atomic mass is 10.5. The molecule has 1 amide bonds. The highest BCUT2D eigenvalue weighted by Gasteiger charge is 2.13. The second kappa shape index (κ2) is 6.29. The molecule has 0 radical (unpaired) electrons. The molecule has 0 saturated heterocycles. The third-order valence-corrected chi connectivity index (χ3v) is 2.59. The molecule has 0 fully saturated rings. The molecule has 9 heteroatoms. The van der Waals surface area contributed by atoms with E-state index in [0.29, 0.717) is 18.4 Å². The fourth-order valence-electron chi connectivity index (χ4n) is 1.53. The van der Waals surface area contributed by atoms with Crippen LogP contribution in [-0.2, 0) is 4.79 Å². The van der Waals surface area contributed by atoms with Crippen molar-refractivity contribution in [2.45, 2.75) is 6.92 Å². The van der Waals surface area contributed by atoms with E-state index in [1.54, 1.807) is 35.2 Å². The normalized spacial score (nSPS) is 10.3. The van der Waals surface area contributed by atoms with E-state index in [2.05, 4.69) is 25.3 Å². The van der Waals surface area contributed by atoms with E-state index in [4.69, 9.17) is 11.6 Å². The molecule has 106 valence electrons. The van der Waals surface area contributed by atoms with Crippen molar-refractivity contribution < 1.29 is 4.79 Å². The molecule has 0 saturated carbocycles. The first-order chi connectivity index (χ1) is 9.60. The van der Waals surface area contributed by atoms with Crippen molar-refractivity contribution in [2.24, 2.45) is 0 Å². The molecule has 20 heavy (non-hydrogen) atoms. The van der Waals surface area contributed by atoms with Gasteiger partial charge in [0.1, 0.15) is 6.33 Å². The molecule has 1 N–H and O–H groups in total. The molecule has 0 bridgehead atoms. The van der Waals surface area contributed by atoms with Gasteiger partial charge in [-0.05, 0) is 18.5 Å². The highest BCUT2D eigenvalue weighted by Crippen LogP contribution is 2.12. The number of imidazole rings is 1. The van der Waals surface area contributed by atoms with E-state index in [1.807, 2.05) is 6.92 Å². The Balaban J connectivity index is 2.21. The van der Waals surface area contributed by atoms with Crippen LogP contribution in [0.4, 0.5) is 5.95 Å². The molecule has 0 atom stereocenters. The summed E-state index contributed by atoms with van der Waals surface area (Å²) in [6.45, 7) is 2.57. The van der Waals surface area contributed by atoms with Gasteiger partial charge < -0.3 is 10.2 Å². The zero-order valence-electron chi connectivity index (χ0n) is 11.1. The fraction of sp³-hybridized carbons (Fsp3) is 0.364. The Morgan fingerprint density at radius 1 is 1.45 bits per heavy atom. The Morgan fingerprint density at radius 3 is 2.90 bits per heavy atom. The van der Waals surface area contributed by atoms with Crippen LogP contribution < -0.4 is 10.2 Å². The van der Waals surface area contributed by atoms with Crippen molar-refractivity contribution in [3.05, 3.63) is 24.0 Å². The first-order valence-electron chi connectivity index (χ1n) is 5.98. The lowest BCUT2D eigenvalue weighted by Gasteiger charge is -2.16. The molecule has 0 aliphatic heterocycles. The first kappa shape index (κ1) is 14.2. The summed E-state index contributed by atoms with van der Waals surface area (Å²) in [5.74, 6) is 0.552. The summed E-state index contributed by atoms with van der Waals surface area (Å²) in [5.41, 5.74) is 0. The lowest BCUT2D eigenvalue weighted by Crippen LogP contribution is -2.35. The monoisotopic (exact) mass is 295 g/mol. The Hall–Kier alpha value is -2.22. The Morgan fingerprint density at radius 2 is 2.25 bits per heavy atom. The average Bonchev–Trinajstić information content (AvgIpc) is 2.92. The van der Waals surface area contributed by atoms with Gasteiger partial charge in [-0.3, -0.25) is 9.36 Å². The van der Waals surface area contributed by atoms with Gasteiger partial charge >= 0.3 is 0 Å². The maximum Gasteiger partial charge on any atom is 0.241 e. The van der Waals surface area contributed by atoms with Crippen LogP contribution in [0.2, 0.25) is 5.28 Å². The van der Waals surface area contributed by atoms with Crippen LogP contribution in [-0.4, -0.2) is 50.5 Å². The Kier molecular flexibility index (Phi) is 4.46. The summed E-state index contributed by atoms with van der Waals surface area (Å²) in [6, 6.07) is 0. The van der Waals surface area contributed by atoms with Crippen molar-refractivity contribution in [3.8, 4) is 5.95 Å². The van der Waals surface area contributed by atoms with Gasteiger partial charge in [-0.25, -0.2) is 4.98 Å². The molecule has 0 aliphatic carbocycles. The minimum absolute atomic E-state index is 0.0569. The zero-order chi connectivity index (χ0) is 14.5. The average molecular weight is 296 g/mol. The number of carbonyl (C=O) groups is 1. The third kappa shape index (κ3) is 3.41. The number of amides is 1. The Labute approximate surface area is 120 Å². The SMILES string of the molecule is CCNC(=O)CN(C)c1nc(Cl)nc(-n2ccnc2)n1. The summed E-state index contributed by atoms with van der Waals surface area (Å²) < 4.78 is 1.61. The quantitative estimate of drug-likeness (QED) is 0.852. The molecule has 0 aliphatic rings. The number of nitrogens with zero attached hydrogens (tertiary/aromatic N) is 6. The van der Waals surface area contributed by atoms with Crippen LogP contribution >= 0.6 is 11.6 Å². The number of anilines is 1. The first-order valence-corrected chi connectivity index (χ1v) is 6.35. The van der Waals surface area contributed by atoms with E-state index >= 15 is 0 Å². The van der Waals surface area contributed by atoms with E-state index in [0.717, 1.165) is 0 Å². The predicted molar refractivity (Wildman–Crippen MR) is 73.9 cm³/mol. The molecule has 2 rings (SSSR count).